The quantitative estimate of drug-likeness (QED) is 0.887. The number of rotatable bonds is 4. The van der Waals surface area contributed by atoms with Crippen LogP contribution in [0.3, 0.4) is 0 Å². The summed E-state index contributed by atoms with van der Waals surface area (Å²) in [5, 5.41) is 3.13. The number of carbonyl (C=O) groups excluding carboxylic acids is 1. The van der Waals surface area contributed by atoms with E-state index >= 15 is 0 Å². The molecular weight excluding hydrogens is 250 g/mol. The van der Waals surface area contributed by atoms with Crippen LogP contribution in [-0.2, 0) is 13.1 Å². The van der Waals surface area contributed by atoms with E-state index in [1.807, 2.05) is 31.3 Å². The number of carbonyl (C=O) groups is 1. The molecule has 0 saturated heterocycles. The SMILES string of the molecule is CN(Cc1ccccc1CN)C(=O)NC1CCCCC1. The molecule has 0 bridgehead atoms. The Bertz CT molecular complexity index is 441. The first kappa shape index (κ1) is 14.9. The van der Waals surface area contributed by atoms with Gasteiger partial charge in [-0.15, -0.1) is 0 Å². The van der Waals surface area contributed by atoms with Crippen molar-refractivity contribution in [1.82, 2.24) is 10.2 Å². The average molecular weight is 275 g/mol. The Labute approximate surface area is 121 Å². The monoisotopic (exact) mass is 275 g/mol. The molecule has 0 atom stereocenters. The van der Waals surface area contributed by atoms with Gasteiger partial charge in [-0.1, -0.05) is 43.5 Å². The van der Waals surface area contributed by atoms with Crippen LogP contribution in [0.15, 0.2) is 24.3 Å². The number of amides is 2. The van der Waals surface area contributed by atoms with Gasteiger partial charge in [0.25, 0.3) is 0 Å². The van der Waals surface area contributed by atoms with Crippen molar-refractivity contribution < 1.29 is 4.79 Å². The molecule has 0 radical (unpaired) electrons. The van der Waals surface area contributed by atoms with E-state index < -0.39 is 0 Å². The molecule has 4 heteroatoms. The van der Waals surface area contributed by atoms with Crippen LogP contribution in [0.25, 0.3) is 0 Å². The van der Waals surface area contributed by atoms with Crippen molar-refractivity contribution in [2.24, 2.45) is 5.73 Å². The molecule has 0 spiro atoms. The summed E-state index contributed by atoms with van der Waals surface area (Å²) in [5.74, 6) is 0. The second kappa shape index (κ2) is 7.29. The third kappa shape index (κ3) is 3.97. The molecule has 4 nitrogen and oxygen atoms in total. The van der Waals surface area contributed by atoms with Gasteiger partial charge in [-0.2, -0.15) is 0 Å². The molecular formula is C16H25N3O. The first-order valence-corrected chi connectivity index (χ1v) is 7.49. The number of hydrogen-bond acceptors (Lipinski definition) is 2. The summed E-state index contributed by atoms with van der Waals surface area (Å²) < 4.78 is 0. The van der Waals surface area contributed by atoms with Crippen molar-refractivity contribution in [3.63, 3.8) is 0 Å². The van der Waals surface area contributed by atoms with E-state index in [-0.39, 0.29) is 6.03 Å². The Morgan fingerprint density at radius 1 is 1.25 bits per heavy atom. The first-order valence-electron chi connectivity index (χ1n) is 7.49. The van der Waals surface area contributed by atoms with Crippen molar-refractivity contribution >= 4 is 6.03 Å². The number of benzene rings is 1. The van der Waals surface area contributed by atoms with Crippen LogP contribution >= 0.6 is 0 Å². The zero-order valence-electron chi connectivity index (χ0n) is 12.3. The molecule has 3 N–H and O–H groups in total. The predicted molar refractivity (Wildman–Crippen MR) is 81.2 cm³/mol. The van der Waals surface area contributed by atoms with Gasteiger partial charge in [0.15, 0.2) is 0 Å². The largest absolute Gasteiger partial charge is 0.335 e. The van der Waals surface area contributed by atoms with Crippen LogP contribution < -0.4 is 11.1 Å². The van der Waals surface area contributed by atoms with Gasteiger partial charge in [-0.3, -0.25) is 0 Å². The molecule has 0 unspecified atom stereocenters. The number of nitrogens with two attached hydrogens (primary N) is 1. The first-order chi connectivity index (χ1) is 9.70. The second-order valence-corrected chi connectivity index (χ2v) is 5.61. The minimum atomic E-state index is 0.0173. The Morgan fingerprint density at radius 3 is 2.55 bits per heavy atom. The normalized spacial score (nSPS) is 15.9. The van der Waals surface area contributed by atoms with Gasteiger partial charge in [0.1, 0.15) is 0 Å². The summed E-state index contributed by atoms with van der Waals surface area (Å²) in [5.41, 5.74) is 7.96. The van der Waals surface area contributed by atoms with Crippen molar-refractivity contribution in [2.45, 2.75) is 51.2 Å². The minimum absolute atomic E-state index is 0.0173. The maximum atomic E-state index is 12.2. The molecule has 1 aliphatic carbocycles. The lowest BCUT2D eigenvalue weighted by molar-refractivity contribution is 0.198. The highest BCUT2D eigenvalue weighted by Gasteiger charge is 2.18. The molecule has 1 fully saturated rings. The van der Waals surface area contributed by atoms with Gasteiger partial charge >= 0.3 is 6.03 Å². The van der Waals surface area contributed by atoms with Crippen LogP contribution in [0, 0.1) is 0 Å². The van der Waals surface area contributed by atoms with Crippen LogP contribution in [0.1, 0.15) is 43.2 Å². The van der Waals surface area contributed by atoms with Crippen molar-refractivity contribution in [3.8, 4) is 0 Å². The smallest absolute Gasteiger partial charge is 0.317 e. The van der Waals surface area contributed by atoms with Gasteiger partial charge in [0, 0.05) is 26.2 Å². The second-order valence-electron chi connectivity index (χ2n) is 5.61. The van der Waals surface area contributed by atoms with E-state index in [0.717, 1.165) is 24.0 Å². The lowest BCUT2D eigenvalue weighted by Gasteiger charge is -2.26. The number of nitrogens with zero attached hydrogens (tertiary/aromatic N) is 1. The van der Waals surface area contributed by atoms with Crippen LogP contribution in [0.5, 0.6) is 0 Å². The summed E-state index contributed by atoms with van der Waals surface area (Å²) in [4.78, 5) is 13.9. The molecule has 1 saturated carbocycles. The van der Waals surface area contributed by atoms with Crippen LogP contribution in [-0.4, -0.2) is 24.0 Å². The van der Waals surface area contributed by atoms with E-state index in [1.54, 1.807) is 4.90 Å². The van der Waals surface area contributed by atoms with Gasteiger partial charge in [0.05, 0.1) is 0 Å². The molecule has 110 valence electrons. The average Bonchev–Trinajstić information content (AvgIpc) is 2.48. The topological polar surface area (TPSA) is 58.4 Å². The maximum Gasteiger partial charge on any atom is 0.317 e. The summed E-state index contributed by atoms with van der Waals surface area (Å²) in [7, 11) is 1.84. The highest BCUT2D eigenvalue weighted by atomic mass is 16.2. The van der Waals surface area contributed by atoms with E-state index in [1.165, 1.54) is 19.3 Å². The van der Waals surface area contributed by atoms with Crippen molar-refractivity contribution in [2.75, 3.05) is 7.05 Å². The summed E-state index contributed by atoms with van der Waals surface area (Å²) in [6, 6.07) is 8.39. The zero-order valence-corrected chi connectivity index (χ0v) is 12.3. The molecule has 1 aromatic rings. The number of nitrogens with one attached hydrogen (secondary N) is 1. The summed E-state index contributed by atoms with van der Waals surface area (Å²) >= 11 is 0. The van der Waals surface area contributed by atoms with Gasteiger partial charge in [-0.05, 0) is 24.0 Å². The molecule has 0 aliphatic heterocycles. The maximum absolute atomic E-state index is 12.2. The van der Waals surface area contributed by atoms with Crippen molar-refractivity contribution in [3.05, 3.63) is 35.4 Å². The van der Waals surface area contributed by atoms with E-state index in [2.05, 4.69) is 5.32 Å². The van der Waals surface area contributed by atoms with Crippen molar-refractivity contribution in [1.29, 1.82) is 0 Å². The lowest BCUT2D eigenvalue weighted by Crippen LogP contribution is -2.43. The van der Waals surface area contributed by atoms with E-state index in [0.29, 0.717) is 19.1 Å². The fourth-order valence-electron chi connectivity index (χ4n) is 2.77. The van der Waals surface area contributed by atoms with Crippen LogP contribution in [0.2, 0.25) is 0 Å². The highest BCUT2D eigenvalue weighted by Crippen LogP contribution is 2.18. The van der Waals surface area contributed by atoms with Gasteiger partial charge in [0.2, 0.25) is 0 Å². The lowest BCUT2D eigenvalue weighted by atomic mass is 9.96. The third-order valence-electron chi connectivity index (χ3n) is 4.03. The fraction of sp³-hybridized carbons (Fsp3) is 0.562. The van der Waals surface area contributed by atoms with Gasteiger partial charge in [-0.25, -0.2) is 4.79 Å². The number of hydrogen-bond donors (Lipinski definition) is 2. The summed E-state index contributed by atoms with van der Waals surface area (Å²) in [6.45, 7) is 1.11. The zero-order chi connectivity index (χ0) is 14.4. The highest BCUT2D eigenvalue weighted by molar-refractivity contribution is 5.74. The van der Waals surface area contributed by atoms with E-state index in [9.17, 15) is 4.79 Å². The molecule has 0 aromatic heterocycles. The molecule has 2 amide bonds. The van der Waals surface area contributed by atoms with Gasteiger partial charge < -0.3 is 16.0 Å². The molecule has 1 aliphatic rings. The van der Waals surface area contributed by atoms with E-state index in [4.69, 9.17) is 5.73 Å². The summed E-state index contributed by atoms with van der Waals surface area (Å²) in [6.07, 6.45) is 5.97. The fourth-order valence-corrected chi connectivity index (χ4v) is 2.77. The molecule has 1 aromatic carbocycles. The Morgan fingerprint density at radius 2 is 1.90 bits per heavy atom. The molecule has 20 heavy (non-hydrogen) atoms. The predicted octanol–water partition coefficient (Wildman–Crippen LogP) is 2.62. The minimum Gasteiger partial charge on any atom is -0.335 e. The van der Waals surface area contributed by atoms with Crippen LogP contribution in [0.4, 0.5) is 4.79 Å². The Balaban J connectivity index is 1.89. The standard InChI is InChI=1S/C16H25N3O/c1-19(12-14-8-6-5-7-13(14)11-17)16(20)18-15-9-3-2-4-10-15/h5-8,15H,2-4,9-12,17H2,1H3,(H,18,20). The molecule has 2 rings (SSSR count). The third-order valence-corrected chi connectivity index (χ3v) is 4.03. The molecule has 0 heterocycles. The number of urea groups is 1. The Kier molecular flexibility index (Phi) is 5.41. The Hall–Kier alpha value is -1.55.